The second-order valence-electron chi connectivity index (χ2n) is 6.26. The second-order valence-corrected chi connectivity index (χ2v) is 6.26. The van der Waals surface area contributed by atoms with Gasteiger partial charge in [0.05, 0.1) is 0 Å². The topological polar surface area (TPSA) is 38.8 Å². The van der Waals surface area contributed by atoms with Crippen LogP contribution in [0.15, 0.2) is 11.8 Å². The number of likely N-dealkylation sites (tertiary alicyclic amines) is 1. The van der Waals surface area contributed by atoms with Gasteiger partial charge in [0.1, 0.15) is 11.4 Å². The number of allylic oxidation sites excluding steroid dienone is 1. The summed E-state index contributed by atoms with van der Waals surface area (Å²) in [6.07, 6.45) is 4.69. The van der Waals surface area contributed by atoms with Crippen LogP contribution in [-0.4, -0.2) is 36.3 Å². The van der Waals surface area contributed by atoms with E-state index in [4.69, 9.17) is 9.47 Å². The molecule has 1 aliphatic carbocycles. The highest BCUT2D eigenvalue weighted by molar-refractivity contribution is 5.62. The van der Waals surface area contributed by atoms with E-state index >= 15 is 0 Å². The summed E-state index contributed by atoms with van der Waals surface area (Å²) in [5, 5.41) is 0. The van der Waals surface area contributed by atoms with Crippen LogP contribution in [0, 0.1) is 5.92 Å². The van der Waals surface area contributed by atoms with Crippen LogP contribution in [-0.2, 0) is 9.47 Å². The van der Waals surface area contributed by atoms with Gasteiger partial charge >= 0.3 is 6.16 Å². The van der Waals surface area contributed by atoms with Crippen molar-refractivity contribution in [2.45, 2.75) is 51.7 Å². The summed E-state index contributed by atoms with van der Waals surface area (Å²) in [4.78, 5) is 13.9. The van der Waals surface area contributed by atoms with Gasteiger partial charge in [-0.2, -0.15) is 0 Å². The molecule has 4 nitrogen and oxygen atoms in total. The predicted molar refractivity (Wildman–Crippen MR) is 69.2 cm³/mol. The number of carbonyl (C=O) groups is 1. The molecule has 0 radical (unpaired) electrons. The predicted octanol–water partition coefficient (Wildman–Crippen LogP) is 2.94. The van der Waals surface area contributed by atoms with Crippen molar-refractivity contribution in [3.63, 3.8) is 0 Å². The van der Waals surface area contributed by atoms with Gasteiger partial charge < -0.3 is 9.47 Å². The molecule has 0 amide bonds. The van der Waals surface area contributed by atoms with Crippen molar-refractivity contribution in [2.75, 3.05) is 13.6 Å². The number of hydrogen-bond donors (Lipinski definition) is 0. The highest BCUT2D eigenvalue weighted by Gasteiger charge is 2.34. The lowest BCUT2D eigenvalue weighted by Crippen LogP contribution is -2.31. The SMILES string of the molecule is CN1CCC2CCC(OC(=O)OC(C)(C)C)=CC21. The fourth-order valence-corrected chi connectivity index (χ4v) is 2.69. The molecule has 102 valence electrons. The van der Waals surface area contributed by atoms with Crippen LogP contribution in [0.1, 0.15) is 40.0 Å². The molecule has 0 saturated carbocycles. The summed E-state index contributed by atoms with van der Waals surface area (Å²) >= 11 is 0. The van der Waals surface area contributed by atoms with Gasteiger partial charge in [0.25, 0.3) is 0 Å². The number of rotatable bonds is 1. The maximum absolute atomic E-state index is 11.6. The van der Waals surface area contributed by atoms with Crippen LogP contribution in [0.3, 0.4) is 0 Å². The molecule has 18 heavy (non-hydrogen) atoms. The van der Waals surface area contributed by atoms with E-state index in [0.29, 0.717) is 6.04 Å². The minimum absolute atomic E-state index is 0.427. The van der Waals surface area contributed by atoms with Crippen molar-refractivity contribution >= 4 is 6.16 Å². The van der Waals surface area contributed by atoms with E-state index in [1.54, 1.807) is 0 Å². The maximum atomic E-state index is 11.6. The quantitative estimate of drug-likeness (QED) is 0.673. The van der Waals surface area contributed by atoms with E-state index in [9.17, 15) is 4.79 Å². The van der Waals surface area contributed by atoms with E-state index < -0.39 is 11.8 Å². The summed E-state index contributed by atoms with van der Waals surface area (Å²) in [5.74, 6) is 1.49. The van der Waals surface area contributed by atoms with E-state index in [1.165, 1.54) is 6.42 Å². The minimum atomic E-state index is -0.590. The monoisotopic (exact) mass is 253 g/mol. The van der Waals surface area contributed by atoms with Gasteiger partial charge in [-0.3, -0.25) is 4.90 Å². The van der Waals surface area contributed by atoms with Crippen LogP contribution >= 0.6 is 0 Å². The first-order valence-electron chi connectivity index (χ1n) is 6.67. The molecule has 0 aromatic carbocycles. The lowest BCUT2D eigenvalue weighted by molar-refractivity contribution is 0.00392. The van der Waals surface area contributed by atoms with E-state index in [0.717, 1.165) is 31.1 Å². The summed E-state index contributed by atoms with van der Waals surface area (Å²) in [6, 6.07) is 0.427. The van der Waals surface area contributed by atoms with Crippen molar-refractivity contribution in [1.29, 1.82) is 0 Å². The lowest BCUT2D eigenvalue weighted by atomic mass is 9.89. The number of nitrogens with zero attached hydrogens (tertiary/aromatic N) is 1. The van der Waals surface area contributed by atoms with Gasteiger partial charge in [0.2, 0.25) is 0 Å². The number of likely N-dealkylation sites (N-methyl/N-ethyl adjacent to an activating group) is 1. The van der Waals surface area contributed by atoms with Gasteiger partial charge in [-0.25, -0.2) is 4.79 Å². The summed E-state index contributed by atoms with van der Waals surface area (Å²) in [6.45, 7) is 6.64. The van der Waals surface area contributed by atoms with Crippen molar-refractivity contribution < 1.29 is 14.3 Å². The molecule has 0 spiro atoms. The van der Waals surface area contributed by atoms with Gasteiger partial charge in [0, 0.05) is 12.5 Å². The molecule has 0 aromatic rings. The number of hydrogen-bond acceptors (Lipinski definition) is 4. The normalized spacial score (nSPS) is 28.6. The molecule has 1 aliphatic heterocycles. The van der Waals surface area contributed by atoms with Gasteiger partial charge in [-0.15, -0.1) is 0 Å². The third-order valence-corrected chi connectivity index (χ3v) is 3.57. The molecule has 1 fully saturated rings. The zero-order valence-electron chi connectivity index (χ0n) is 11.7. The van der Waals surface area contributed by atoms with Crippen molar-refractivity contribution in [3.8, 4) is 0 Å². The fraction of sp³-hybridized carbons (Fsp3) is 0.786. The Kier molecular flexibility index (Phi) is 3.66. The van der Waals surface area contributed by atoms with E-state index in [1.807, 2.05) is 20.8 Å². The van der Waals surface area contributed by atoms with E-state index in [2.05, 4.69) is 18.0 Å². The summed E-state index contributed by atoms with van der Waals surface area (Å²) in [5.41, 5.74) is -0.501. The molecule has 0 N–H and O–H groups in total. The molecule has 4 heteroatoms. The zero-order valence-corrected chi connectivity index (χ0v) is 11.7. The highest BCUT2D eigenvalue weighted by Crippen LogP contribution is 2.34. The average molecular weight is 253 g/mol. The van der Waals surface area contributed by atoms with Crippen LogP contribution in [0.5, 0.6) is 0 Å². The van der Waals surface area contributed by atoms with Crippen molar-refractivity contribution in [2.24, 2.45) is 5.92 Å². The smallest absolute Gasteiger partial charge is 0.428 e. The second kappa shape index (κ2) is 4.92. The first-order chi connectivity index (χ1) is 8.35. The van der Waals surface area contributed by atoms with Crippen molar-refractivity contribution in [3.05, 3.63) is 11.8 Å². The van der Waals surface area contributed by atoms with E-state index in [-0.39, 0.29) is 0 Å². The Morgan fingerprint density at radius 1 is 1.39 bits per heavy atom. The molecule has 2 aliphatic rings. The number of fused-ring (bicyclic) bond motifs is 1. The zero-order chi connectivity index (χ0) is 13.3. The molecule has 1 heterocycles. The van der Waals surface area contributed by atoms with Crippen LogP contribution < -0.4 is 0 Å². The lowest BCUT2D eigenvalue weighted by Gasteiger charge is -2.27. The Morgan fingerprint density at radius 3 is 2.78 bits per heavy atom. The molecule has 2 unspecified atom stereocenters. The minimum Gasteiger partial charge on any atom is -0.428 e. The van der Waals surface area contributed by atoms with Crippen LogP contribution in [0.2, 0.25) is 0 Å². The molecular weight excluding hydrogens is 230 g/mol. The molecule has 1 saturated heterocycles. The largest absolute Gasteiger partial charge is 0.514 e. The third kappa shape index (κ3) is 3.25. The van der Waals surface area contributed by atoms with Gasteiger partial charge in [0.15, 0.2) is 0 Å². The first kappa shape index (κ1) is 13.4. The van der Waals surface area contributed by atoms with Crippen molar-refractivity contribution in [1.82, 2.24) is 4.90 Å². The molecule has 0 aromatic heterocycles. The van der Waals surface area contributed by atoms with Crippen LogP contribution in [0.4, 0.5) is 4.79 Å². The molecular formula is C14H23NO3. The Labute approximate surface area is 109 Å². The Morgan fingerprint density at radius 2 is 2.11 bits per heavy atom. The Balaban J connectivity index is 1.94. The average Bonchev–Trinajstić information content (AvgIpc) is 2.57. The first-order valence-corrected chi connectivity index (χ1v) is 6.67. The van der Waals surface area contributed by atoms with Gasteiger partial charge in [-0.05, 0) is 59.2 Å². The third-order valence-electron chi connectivity index (χ3n) is 3.57. The fourth-order valence-electron chi connectivity index (χ4n) is 2.69. The Hall–Kier alpha value is -1.03. The Bertz CT molecular complexity index is 357. The molecule has 2 atom stereocenters. The maximum Gasteiger partial charge on any atom is 0.514 e. The number of carbonyl (C=O) groups excluding carboxylic acids is 1. The molecule has 0 bridgehead atoms. The molecule has 2 rings (SSSR count). The summed E-state index contributed by atoms with van der Waals surface area (Å²) < 4.78 is 10.5. The summed E-state index contributed by atoms with van der Waals surface area (Å²) in [7, 11) is 2.12. The highest BCUT2D eigenvalue weighted by atomic mass is 16.7. The standard InChI is InChI=1S/C14H23NO3/c1-14(2,3)18-13(16)17-11-6-5-10-7-8-15(4)12(10)9-11/h9-10,12H,5-8H2,1-4H3. The van der Waals surface area contributed by atoms with Gasteiger partial charge in [-0.1, -0.05) is 0 Å². The number of ether oxygens (including phenoxy) is 2. The van der Waals surface area contributed by atoms with Crippen LogP contribution in [0.25, 0.3) is 0 Å².